The Morgan fingerprint density at radius 1 is 0.972 bits per heavy atom. The van der Waals surface area contributed by atoms with Gasteiger partial charge < -0.3 is 10.6 Å². The van der Waals surface area contributed by atoms with Crippen LogP contribution in [0.2, 0.25) is 0 Å². The molecule has 0 unspecified atom stereocenters. The zero-order valence-electron chi connectivity index (χ0n) is 21.1. The Bertz CT molecular complexity index is 1220. The van der Waals surface area contributed by atoms with E-state index in [1.165, 1.54) is 0 Å². The van der Waals surface area contributed by atoms with E-state index in [2.05, 4.69) is 60.8 Å². The van der Waals surface area contributed by atoms with Crippen LogP contribution in [-0.4, -0.2) is 44.0 Å². The van der Waals surface area contributed by atoms with Gasteiger partial charge in [-0.2, -0.15) is 5.10 Å². The molecule has 7 nitrogen and oxygen atoms in total. The maximum atomic E-state index is 13.0. The standard InChI is InChI=1S/C28H34N6OS/c1-4-15-30-26-24-19-31-34(27(24)33-28(32-26)36-20(2)3)17-16-29-25(35)18-23(21-11-7-5-8-12-21)22-13-9-6-10-14-22/h5-14,19-20,23H,4,15-18H2,1-3H3,(H,29,35)(H,30,32,33). The summed E-state index contributed by atoms with van der Waals surface area (Å²) in [7, 11) is 0. The van der Waals surface area contributed by atoms with Crippen LogP contribution in [0.4, 0.5) is 5.82 Å². The van der Waals surface area contributed by atoms with Crippen LogP contribution in [0.25, 0.3) is 11.0 Å². The summed E-state index contributed by atoms with van der Waals surface area (Å²) in [6.45, 7) is 8.22. The topological polar surface area (TPSA) is 84.7 Å². The summed E-state index contributed by atoms with van der Waals surface area (Å²) >= 11 is 1.63. The highest BCUT2D eigenvalue weighted by Crippen LogP contribution is 2.28. The van der Waals surface area contributed by atoms with Crippen molar-refractivity contribution in [1.29, 1.82) is 0 Å². The first-order chi connectivity index (χ1) is 17.5. The highest BCUT2D eigenvalue weighted by Gasteiger charge is 2.18. The number of rotatable bonds is 12. The molecule has 36 heavy (non-hydrogen) atoms. The Balaban J connectivity index is 1.45. The van der Waals surface area contributed by atoms with Crippen molar-refractivity contribution in [3.63, 3.8) is 0 Å². The van der Waals surface area contributed by atoms with Crippen LogP contribution in [0.5, 0.6) is 0 Å². The summed E-state index contributed by atoms with van der Waals surface area (Å²) in [6, 6.07) is 20.4. The van der Waals surface area contributed by atoms with Gasteiger partial charge in [0.2, 0.25) is 5.91 Å². The molecule has 0 radical (unpaired) electrons. The Hall–Kier alpha value is -3.39. The number of amides is 1. The molecule has 0 fully saturated rings. The Labute approximate surface area is 217 Å². The molecule has 0 atom stereocenters. The summed E-state index contributed by atoms with van der Waals surface area (Å²) in [6.07, 6.45) is 3.20. The molecule has 0 aliphatic rings. The zero-order valence-corrected chi connectivity index (χ0v) is 22.0. The van der Waals surface area contributed by atoms with E-state index in [0.717, 1.165) is 46.1 Å². The van der Waals surface area contributed by atoms with Crippen molar-refractivity contribution in [1.82, 2.24) is 25.1 Å². The lowest BCUT2D eigenvalue weighted by Gasteiger charge is -2.18. The maximum Gasteiger partial charge on any atom is 0.221 e. The zero-order chi connectivity index (χ0) is 25.3. The van der Waals surface area contributed by atoms with Crippen LogP contribution < -0.4 is 10.6 Å². The van der Waals surface area contributed by atoms with Gasteiger partial charge in [0.25, 0.3) is 0 Å². The van der Waals surface area contributed by atoms with Crippen LogP contribution in [-0.2, 0) is 11.3 Å². The number of thioether (sulfide) groups is 1. The van der Waals surface area contributed by atoms with E-state index in [9.17, 15) is 4.79 Å². The summed E-state index contributed by atoms with van der Waals surface area (Å²) in [5, 5.41) is 13.0. The number of carbonyl (C=O) groups is 1. The monoisotopic (exact) mass is 502 g/mol. The lowest BCUT2D eigenvalue weighted by atomic mass is 9.88. The number of fused-ring (bicyclic) bond motifs is 1. The molecule has 0 bridgehead atoms. The predicted octanol–water partition coefficient (Wildman–Crippen LogP) is 5.49. The fourth-order valence-electron chi connectivity index (χ4n) is 4.10. The Morgan fingerprint density at radius 2 is 1.64 bits per heavy atom. The number of nitrogens with one attached hydrogen (secondary N) is 2. The van der Waals surface area contributed by atoms with Crippen molar-refractivity contribution in [3.8, 4) is 0 Å². The molecule has 8 heteroatoms. The number of hydrogen-bond acceptors (Lipinski definition) is 6. The van der Waals surface area contributed by atoms with E-state index in [4.69, 9.17) is 9.97 Å². The predicted molar refractivity (Wildman–Crippen MR) is 147 cm³/mol. The highest BCUT2D eigenvalue weighted by molar-refractivity contribution is 7.99. The normalized spacial score (nSPS) is 11.4. The fraction of sp³-hybridized carbons (Fsp3) is 0.357. The number of carbonyl (C=O) groups excluding carboxylic acids is 1. The van der Waals surface area contributed by atoms with E-state index >= 15 is 0 Å². The summed E-state index contributed by atoms with van der Waals surface area (Å²) in [5.41, 5.74) is 3.05. The van der Waals surface area contributed by atoms with Gasteiger partial charge in [0.1, 0.15) is 5.82 Å². The Kier molecular flexibility index (Phi) is 8.95. The first kappa shape index (κ1) is 25.7. The Morgan fingerprint density at radius 3 is 2.25 bits per heavy atom. The summed E-state index contributed by atoms with van der Waals surface area (Å²) < 4.78 is 1.85. The molecule has 0 aliphatic heterocycles. The first-order valence-corrected chi connectivity index (χ1v) is 13.4. The maximum absolute atomic E-state index is 13.0. The second kappa shape index (κ2) is 12.5. The molecule has 2 heterocycles. The molecule has 188 valence electrons. The van der Waals surface area contributed by atoms with Crippen molar-refractivity contribution in [2.45, 2.75) is 56.5 Å². The van der Waals surface area contributed by atoms with Gasteiger partial charge in [-0.05, 0) is 17.5 Å². The van der Waals surface area contributed by atoms with E-state index in [1.807, 2.05) is 41.1 Å². The van der Waals surface area contributed by atoms with Crippen LogP contribution in [0.15, 0.2) is 72.0 Å². The molecule has 0 saturated carbocycles. The molecule has 2 aromatic carbocycles. The molecule has 0 aliphatic carbocycles. The third-order valence-corrected chi connectivity index (χ3v) is 6.66. The van der Waals surface area contributed by atoms with Gasteiger partial charge >= 0.3 is 0 Å². The molecule has 2 N–H and O–H groups in total. The summed E-state index contributed by atoms with van der Waals surface area (Å²) in [4.78, 5) is 22.4. The molecule has 4 aromatic rings. The van der Waals surface area contributed by atoms with Crippen LogP contribution in [0, 0.1) is 0 Å². The van der Waals surface area contributed by atoms with E-state index in [1.54, 1.807) is 18.0 Å². The van der Waals surface area contributed by atoms with Crippen molar-refractivity contribution >= 4 is 34.5 Å². The second-order valence-corrected chi connectivity index (χ2v) is 10.5. The number of benzene rings is 2. The van der Waals surface area contributed by atoms with Gasteiger partial charge in [-0.25, -0.2) is 14.6 Å². The lowest BCUT2D eigenvalue weighted by molar-refractivity contribution is -0.121. The van der Waals surface area contributed by atoms with Gasteiger partial charge in [0.15, 0.2) is 10.8 Å². The average molecular weight is 503 g/mol. The largest absolute Gasteiger partial charge is 0.369 e. The SMILES string of the molecule is CCCNc1nc(SC(C)C)nc2c1cnn2CCNC(=O)CC(c1ccccc1)c1ccccc1. The van der Waals surface area contributed by atoms with Gasteiger partial charge in [0, 0.05) is 30.7 Å². The number of anilines is 1. The van der Waals surface area contributed by atoms with E-state index in [0.29, 0.717) is 24.8 Å². The molecule has 0 spiro atoms. The van der Waals surface area contributed by atoms with Gasteiger partial charge in [-0.15, -0.1) is 0 Å². The third-order valence-electron chi connectivity index (χ3n) is 5.80. The molecule has 4 rings (SSSR count). The first-order valence-electron chi connectivity index (χ1n) is 12.6. The van der Waals surface area contributed by atoms with E-state index in [-0.39, 0.29) is 11.8 Å². The smallest absolute Gasteiger partial charge is 0.221 e. The quantitative estimate of drug-likeness (QED) is 0.197. The van der Waals surface area contributed by atoms with Crippen molar-refractivity contribution in [2.24, 2.45) is 0 Å². The highest BCUT2D eigenvalue weighted by atomic mass is 32.2. The third kappa shape index (κ3) is 6.63. The van der Waals surface area contributed by atoms with Crippen LogP contribution >= 0.6 is 11.8 Å². The van der Waals surface area contributed by atoms with Gasteiger partial charge in [0.05, 0.1) is 18.1 Å². The minimum Gasteiger partial charge on any atom is -0.369 e. The van der Waals surface area contributed by atoms with Crippen LogP contribution in [0.1, 0.15) is 50.7 Å². The van der Waals surface area contributed by atoms with E-state index < -0.39 is 0 Å². The average Bonchev–Trinajstić information content (AvgIpc) is 3.29. The van der Waals surface area contributed by atoms with Crippen molar-refractivity contribution in [3.05, 3.63) is 78.0 Å². The van der Waals surface area contributed by atoms with Gasteiger partial charge in [-0.1, -0.05) is 93.2 Å². The molecule has 0 saturated heterocycles. The lowest BCUT2D eigenvalue weighted by Crippen LogP contribution is -2.29. The minimum absolute atomic E-state index is 0.00786. The molecule has 1 amide bonds. The molecule has 2 aromatic heterocycles. The minimum atomic E-state index is 0.00786. The number of nitrogens with zero attached hydrogens (tertiary/aromatic N) is 4. The molecular formula is C28H34N6OS. The van der Waals surface area contributed by atoms with Crippen molar-refractivity contribution in [2.75, 3.05) is 18.4 Å². The summed E-state index contributed by atoms with van der Waals surface area (Å²) in [5.74, 6) is 0.836. The number of aromatic nitrogens is 4. The fourth-order valence-corrected chi connectivity index (χ4v) is 4.80. The molecular weight excluding hydrogens is 468 g/mol. The van der Waals surface area contributed by atoms with Crippen LogP contribution in [0.3, 0.4) is 0 Å². The number of hydrogen-bond donors (Lipinski definition) is 2. The van der Waals surface area contributed by atoms with Gasteiger partial charge in [-0.3, -0.25) is 4.79 Å². The van der Waals surface area contributed by atoms with Crippen molar-refractivity contribution < 1.29 is 4.79 Å². The second-order valence-electron chi connectivity index (χ2n) is 8.98.